The molecule has 0 saturated carbocycles. The summed E-state index contributed by atoms with van der Waals surface area (Å²) in [5, 5.41) is 2.53. The van der Waals surface area contributed by atoms with Crippen molar-refractivity contribution in [3.05, 3.63) is 28.2 Å². The van der Waals surface area contributed by atoms with Gasteiger partial charge in [-0.3, -0.25) is 0 Å². The minimum atomic E-state index is -0.498. The van der Waals surface area contributed by atoms with Crippen molar-refractivity contribution in [3.8, 4) is 5.75 Å². The van der Waals surface area contributed by atoms with Gasteiger partial charge in [0.05, 0.1) is 11.6 Å². The van der Waals surface area contributed by atoms with Gasteiger partial charge in [-0.2, -0.15) is 0 Å². The highest BCUT2D eigenvalue weighted by molar-refractivity contribution is 9.10. The van der Waals surface area contributed by atoms with E-state index in [9.17, 15) is 4.79 Å². The quantitative estimate of drug-likeness (QED) is 0.876. The Kier molecular flexibility index (Phi) is 4.42. The predicted octanol–water partition coefficient (Wildman–Crippen LogP) is 1.67. The lowest BCUT2D eigenvalue weighted by Gasteiger charge is -2.06. The van der Waals surface area contributed by atoms with Gasteiger partial charge in [0.2, 0.25) is 0 Å². The molecule has 1 aromatic rings. The second kappa shape index (κ2) is 5.60. The van der Waals surface area contributed by atoms with Crippen molar-refractivity contribution in [2.24, 2.45) is 5.73 Å². The third-order valence-electron chi connectivity index (χ3n) is 1.93. The molecule has 0 fully saturated rings. The Labute approximate surface area is 96.9 Å². The fraction of sp³-hybridized carbons (Fsp3) is 0.300. The van der Waals surface area contributed by atoms with Crippen molar-refractivity contribution in [3.63, 3.8) is 0 Å². The largest absolute Gasteiger partial charge is 0.496 e. The van der Waals surface area contributed by atoms with Crippen LogP contribution >= 0.6 is 15.9 Å². The van der Waals surface area contributed by atoms with E-state index in [4.69, 9.17) is 10.5 Å². The molecule has 0 saturated heterocycles. The van der Waals surface area contributed by atoms with Crippen LogP contribution in [0.3, 0.4) is 0 Å². The van der Waals surface area contributed by atoms with Gasteiger partial charge >= 0.3 is 6.03 Å². The highest BCUT2D eigenvalue weighted by Gasteiger charge is 2.01. The number of nitrogens with one attached hydrogen (secondary N) is 1. The van der Waals surface area contributed by atoms with E-state index in [2.05, 4.69) is 21.2 Å². The molecule has 0 unspecified atom stereocenters. The molecule has 0 heterocycles. The number of urea groups is 1. The fourth-order valence-corrected chi connectivity index (χ4v) is 1.78. The fourth-order valence-electron chi connectivity index (χ4n) is 1.20. The summed E-state index contributed by atoms with van der Waals surface area (Å²) in [7, 11) is 1.62. The van der Waals surface area contributed by atoms with Crippen molar-refractivity contribution in [1.82, 2.24) is 5.32 Å². The van der Waals surface area contributed by atoms with Crippen LogP contribution in [0.1, 0.15) is 5.56 Å². The lowest BCUT2D eigenvalue weighted by molar-refractivity contribution is 0.249. The molecular formula is C10H13BrN2O2. The number of hydrogen-bond donors (Lipinski definition) is 2. The lowest BCUT2D eigenvalue weighted by Crippen LogP contribution is -2.30. The van der Waals surface area contributed by atoms with Crippen LogP contribution in [-0.4, -0.2) is 19.7 Å². The third kappa shape index (κ3) is 3.79. The molecule has 0 atom stereocenters. The van der Waals surface area contributed by atoms with Crippen LogP contribution in [-0.2, 0) is 6.42 Å². The first-order chi connectivity index (χ1) is 7.13. The van der Waals surface area contributed by atoms with Crippen LogP contribution in [0.2, 0.25) is 0 Å². The molecule has 1 rings (SSSR count). The number of amides is 2. The number of ether oxygens (including phenoxy) is 1. The standard InChI is InChI=1S/C10H13BrN2O2/c1-15-9-3-2-7(6-8(9)11)4-5-13-10(12)14/h2-3,6H,4-5H2,1H3,(H3,12,13,14). The van der Waals surface area contributed by atoms with Gasteiger partial charge in [0.15, 0.2) is 0 Å². The van der Waals surface area contributed by atoms with Crippen molar-refractivity contribution in [1.29, 1.82) is 0 Å². The normalized spacial score (nSPS) is 9.73. The second-order valence-corrected chi connectivity index (χ2v) is 3.86. The van der Waals surface area contributed by atoms with Gasteiger partial charge in [-0.15, -0.1) is 0 Å². The smallest absolute Gasteiger partial charge is 0.312 e. The van der Waals surface area contributed by atoms with E-state index in [-0.39, 0.29) is 0 Å². The van der Waals surface area contributed by atoms with Crippen molar-refractivity contribution >= 4 is 22.0 Å². The first kappa shape index (κ1) is 11.8. The highest BCUT2D eigenvalue weighted by Crippen LogP contribution is 2.25. The van der Waals surface area contributed by atoms with Gasteiger partial charge in [-0.1, -0.05) is 6.07 Å². The van der Waals surface area contributed by atoms with Crippen LogP contribution in [0.4, 0.5) is 4.79 Å². The molecule has 0 aliphatic heterocycles. The maximum Gasteiger partial charge on any atom is 0.312 e. The van der Waals surface area contributed by atoms with Crippen LogP contribution < -0.4 is 15.8 Å². The number of benzene rings is 1. The third-order valence-corrected chi connectivity index (χ3v) is 2.55. The molecule has 1 aromatic carbocycles. The van der Waals surface area contributed by atoms with Crippen LogP contribution in [0.25, 0.3) is 0 Å². The molecule has 15 heavy (non-hydrogen) atoms. The van der Waals surface area contributed by atoms with Gasteiger partial charge < -0.3 is 15.8 Å². The molecule has 0 spiro atoms. The SMILES string of the molecule is COc1ccc(CCNC(N)=O)cc1Br. The van der Waals surface area contributed by atoms with Gasteiger partial charge in [0.1, 0.15) is 5.75 Å². The molecule has 0 aromatic heterocycles. The summed E-state index contributed by atoms with van der Waals surface area (Å²) >= 11 is 3.39. The second-order valence-electron chi connectivity index (χ2n) is 3.01. The van der Waals surface area contributed by atoms with Gasteiger partial charge in [-0.25, -0.2) is 4.79 Å². The van der Waals surface area contributed by atoms with E-state index < -0.39 is 6.03 Å². The molecule has 2 amide bonds. The maximum absolute atomic E-state index is 10.4. The number of carbonyl (C=O) groups is 1. The summed E-state index contributed by atoms with van der Waals surface area (Å²) in [6.07, 6.45) is 0.742. The first-order valence-corrected chi connectivity index (χ1v) is 5.28. The Morgan fingerprint density at radius 1 is 1.60 bits per heavy atom. The Bertz CT molecular complexity index is 355. The molecule has 3 N–H and O–H groups in total. The number of methoxy groups -OCH3 is 1. The van der Waals surface area contributed by atoms with E-state index in [0.717, 1.165) is 22.2 Å². The Morgan fingerprint density at radius 2 is 2.33 bits per heavy atom. The minimum absolute atomic E-state index is 0.498. The summed E-state index contributed by atoms with van der Waals surface area (Å²) in [6, 6.07) is 5.29. The van der Waals surface area contributed by atoms with E-state index >= 15 is 0 Å². The van der Waals surface area contributed by atoms with Crippen LogP contribution in [0.5, 0.6) is 5.75 Å². The highest BCUT2D eigenvalue weighted by atomic mass is 79.9. The maximum atomic E-state index is 10.4. The topological polar surface area (TPSA) is 64.3 Å². The van der Waals surface area contributed by atoms with E-state index in [0.29, 0.717) is 6.54 Å². The summed E-state index contributed by atoms with van der Waals surface area (Å²) in [6.45, 7) is 0.536. The van der Waals surface area contributed by atoms with Crippen molar-refractivity contribution in [2.75, 3.05) is 13.7 Å². The number of rotatable bonds is 4. The molecule has 82 valence electrons. The van der Waals surface area contributed by atoms with Gasteiger partial charge in [-0.05, 0) is 40.0 Å². The van der Waals surface area contributed by atoms with Crippen LogP contribution in [0, 0.1) is 0 Å². The first-order valence-electron chi connectivity index (χ1n) is 4.49. The van der Waals surface area contributed by atoms with E-state index in [1.165, 1.54) is 0 Å². The Hall–Kier alpha value is -1.23. The molecular weight excluding hydrogens is 260 g/mol. The summed E-state index contributed by atoms with van der Waals surface area (Å²) < 4.78 is 6.01. The molecule has 5 heteroatoms. The predicted molar refractivity (Wildman–Crippen MR) is 62.0 cm³/mol. The summed E-state index contributed by atoms with van der Waals surface area (Å²) in [4.78, 5) is 10.4. The lowest BCUT2D eigenvalue weighted by atomic mass is 10.1. The minimum Gasteiger partial charge on any atom is -0.496 e. The number of carbonyl (C=O) groups excluding carboxylic acids is 1. The zero-order chi connectivity index (χ0) is 11.3. The number of halogens is 1. The molecule has 0 bridgehead atoms. The van der Waals surface area contributed by atoms with Gasteiger partial charge in [0.25, 0.3) is 0 Å². The Morgan fingerprint density at radius 3 is 2.87 bits per heavy atom. The van der Waals surface area contributed by atoms with E-state index in [1.54, 1.807) is 7.11 Å². The van der Waals surface area contributed by atoms with Crippen molar-refractivity contribution in [2.45, 2.75) is 6.42 Å². The monoisotopic (exact) mass is 272 g/mol. The van der Waals surface area contributed by atoms with Gasteiger partial charge in [0, 0.05) is 6.54 Å². The molecule has 4 nitrogen and oxygen atoms in total. The summed E-state index contributed by atoms with van der Waals surface area (Å²) in [5.41, 5.74) is 6.06. The van der Waals surface area contributed by atoms with Crippen LogP contribution in [0.15, 0.2) is 22.7 Å². The number of nitrogens with two attached hydrogens (primary N) is 1. The molecule has 0 aliphatic rings. The van der Waals surface area contributed by atoms with Crippen molar-refractivity contribution < 1.29 is 9.53 Å². The van der Waals surface area contributed by atoms with E-state index in [1.807, 2.05) is 18.2 Å². The zero-order valence-corrected chi connectivity index (χ0v) is 10.0. The number of primary amides is 1. The average Bonchev–Trinajstić information content (AvgIpc) is 2.17. The molecule has 0 aliphatic carbocycles. The Balaban J connectivity index is 2.55. The molecule has 0 radical (unpaired) electrons. The average molecular weight is 273 g/mol. The summed E-state index contributed by atoms with van der Waals surface area (Å²) in [5.74, 6) is 0.793. The zero-order valence-electron chi connectivity index (χ0n) is 8.42. The number of hydrogen-bond acceptors (Lipinski definition) is 2.